The average Bonchev–Trinajstić information content (AvgIpc) is 2.75. The van der Waals surface area contributed by atoms with Gasteiger partial charge in [0.1, 0.15) is 0 Å². The highest BCUT2D eigenvalue weighted by Crippen LogP contribution is 2.32. The molecular formula is C15H23NO3S. The molecule has 112 valence electrons. The highest BCUT2D eigenvalue weighted by Gasteiger charge is 2.39. The van der Waals surface area contributed by atoms with Crippen LogP contribution >= 0.6 is 11.3 Å². The smallest absolute Gasteiger partial charge is 0.310 e. The van der Waals surface area contributed by atoms with Gasteiger partial charge in [-0.05, 0) is 38.8 Å². The van der Waals surface area contributed by atoms with Crippen molar-refractivity contribution in [2.24, 2.45) is 11.3 Å². The average molecular weight is 297 g/mol. The molecule has 0 aliphatic rings. The first-order chi connectivity index (χ1) is 9.16. The van der Waals surface area contributed by atoms with Crippen LogP contribution in [0, 0.1) is 18.3 Å². The van der Waals surface area contributed by atoms with Crippen LogP contribution in [0.5, 0.6) is 0 Å². The molecule has 0 saturated heterocycles. The first kappa shape index (κ1) is 16.7. The van der Waals surface area contributed by atoms with E-state index in [-0.39, 0.29) is 24.3 Å². The maximum atomic E-state index is 12.1. The van der Waals surface area contributed by atoms with Gasteiger partial charge in [-0.2, -0.15) is 0 Å². The Hall–Kier alpha value is -1.36. The molecule has 0 saturated carbocycles. The molecule has 2 N–H and O–H groups in total. The van der Waals surface area contributed by atoms with Crippen molar-refractivity contribution in [3.63, 3.8) is 0 Å². The van der Waals surface area contributed by atoms with Crippen LogP contribution in [0.15, 0.2) is 12.1 Å². The third kappa shape index (κ3) is 3.82. The van der Waals surface area contributed by atoms with Crippen molar-refractivity contribution in [2.75, 3.05) is 0 Å². The van der Waals surface area contributed by atoms with E-state index < -0.39 is 11.4 Å². The molecule has 0 radical (unpaired) electrons. The molecule has 5 heteroatoms. The molecule has 0 spiro atoms. The fourth-order valence-electron chi connectivity index (χ4n) is 1.91. The van der Waals surface area contributed by atoms with Crippen molar-refractivity contribution < 1.29 is 14.7 Å². The first-order valence-electron chi connectivity index (χ1n) is 6.76. The van der Waals surface area contributed by atoms with Gasteiger partial charge < -0.3 is 10.4 Å². The van der Waals surface area contributed by atoms with Crippen LogP contribution in [-0.2, 0) is 9.59 Å². The Balaban J connectivity index is 2.69. The maximum Gasteiger partial charge on any atom is 0.310 e. The van der Waals surface area contributed by atoms with E-state index in [4.69, 9.17) is 0 Å². The summed E-state index contributed by atoms with van der Waals surface area (Å²) in [7, 11) is 0. The minimum Gasteiger partial charge on any atom is -0.481 e. The predicted molar refractivity (Wildman–Crippen MR) is 80.8 cm³/mol. The van der Waals surface area contributed by atoms with Crippen LogP contribution in [0.4, 0.5) is 0 Å². The van der Waals surface area contributed by atoms with Crippen LogP contribution in [0.3, 0.4) is 0 Å². The summed E-state index contributed by atoms with van der Waals surface area (Å²) in [5.74, 6) is -1.26. The number of aliphatic carboxylic acids is 1. The molecule has 0 aromatic carbocycles. The molecular weight excluding hydrogens is 274 g/mol. The molecule has 1 amide bonds. The van der Waals surface area contributed by atoms with Gasteiger partial charge in [0.2, 0.25) is 5.91 Å². The molecule has 1 aromatic heterocycles. The molecule has 0 aliphatic heterocycles. The van der Waals surface area contributed by atoms with E-state index in [2.05, 4.69) is 5.32 Å². The van der Waals surface area contributed by atoms with E-state index in [1.807, 2.05) is 39.8 Å². The third-order valence-electron chi connectivity index (χ3n) is 3.86. The Morgan fingerprint density at radius 1 is 1.35 bits per heavy atom. The largest absolute Gasteiger partial charge is 0.481 e. The second kappa shape index (κ2) is 6.39. The number of hydrogen-bond donors (Lipinski definition) is 2. The summed E-state index contributed by atoms with van der Waals surface area (Å²) >= 11 is 1.64. The minimum atomic E-state index is -1.03. The normalized spacial score (nSPS) is 15.7. The fraction of sp³-hybridized carbons (Fsp3) is 0.600. The fourth-order valence-corrected chi connectivity index (χ4v) is 2.79. The second-order valence-electron chi connectivity index (χ2n) is 5.79. The van der Waals surface area contributed by atoms with Crippen LogP contribution in [0.25, 0.3) is 0 Å². The van der Waals surface area contributed by atoms with Crippen molar-refractivity contribution in [2.45, 2.75) is 47.1 Å². The van der Waals surface area contributed by atoms with E-state index in [1.165, 1.54) is 4.88 Å². The summed E-state index contributed by atoms with van der Waals surface area (Å²) in [6.45, 7) is 9.21. The lowest BCUT2D eigenvalue weighted by Gasteiger charge is -2.28. The van der Waals surface area contributed by atoms with Crippen LogP contribution in [-0.4, -0.2) is 17.0 Å². The van der Waals surface area contributed by atoms with E-state index >= 15 is 0 Å². The van der Waals surface area contributed by atoms with Gasteiger partial charge in [0.15, 0.2) is 0 Å². The lowest BCUT2D eigenvalue weighted by atomic mass is 9.76. The lowest BCUT2D eigenvalue weighted by Crippen LogP contribution is -2.39. The molecule has 0 bridgehead atoms. The zero-order valence-electron chi connectivity index (χ0n) is 12.7. The first-order valence-corrected chi connectivity index (χ1v) is 7.57. The highest BCUT2D eigenvalue weighted by molar-refractivity contribution is 7.12. The van der Waals surface area contributed by atoms with Crippen molar-refractivity contribution in [3.05, 3.63) is 21.9 Å². The standard InChI is InChI=1S/C15H23NO3S/c1-9(2)15(5,14(18)19)8-13(17)16-11(4)12-7-6-10(3)20-12/h6-7,9,11H,8H2,1-5H3,(H,16,17)(H,18,19). The van der Waals surface area contributed by atoms with Gasteiger partial charge >= 0.3 is 5.97 Å². The number of amides is 1. The molecule has 2 atom stereocenters. The topological polar surface area (TPSA) is 66.4 Å². The van der Waals surface area contributed by atoms with Gasteiger partial charge in [0.05, 0.1) is 11.5 Å². The Morgan fingerprint density at radius 2 is 1.95 bits per heavy atom. The lowest BCUT2D eigenvalue weighted by molar-refractivity contribution is -0.153. The quantitative estimate of drug-likeness (QED) is 0.846. The molecule has 2 unspecified atom stereocenters. The molecule has 1 heterocycles. The highest BCUT2D eigenvalue weighted by atomic mass is 32.1. The number of carbonyl (C=O) groups excluding carboxylic acids is 1. The van der Waals surface area contributed by atoms with E-state index in [1.54, 1.807) is 18.3 Å². The zero-order chi connectivity index (χ0) is 15.5. The second-order valence-corrected chi connectivity index (χ2v) is 7.11. The summed E-state index contributed by atoms with van der Waals surface area (Å²) in [6.07, 6.45) is -0.00526. The Labute approximate surface area is 124 Å². The number of nitrogens with one attached hydrogen (secondary N) is 1. The van der Waals surface area contributed by atoms with Crippen LogP contribution < -0.4 is 5.32 Å². The number of hydrogen-bond acceptors (Lipinski definition) is 3. The summed E-state index contributed by atoms with van der Waals surface area (Å²) in [6, 6.07) is 3.91. The van der Waals surface area contributed by atoms with Gasteiger partial charge in [-0.1, -0.05) is 13.8 Å². The molecule has 0 aliphatic carbocycles. The maximum absolute atomic E-state index is 12.1. The van der Waals surface area contributed by atoms with E-state index in [0.29, 0.717) is 0 Å². The number of carboxylic acid groups (broad SMARTS) is 1. The van der Waals surface area contributed by atoms with Crippen LogP contribution in [0.1, 0.15) is 49.9 Å². The Morgan fingerprint density at radius 3 is 2.35 bits per heavy atom. The SMILES string of the molecule is Cc1ccc(C(C)NC(=O)CC(C)(C(=O)O)C(C)C)s1. The monoisotopic (exact) mass is 297 g/mol. The molecule has 1 aromatic rings. The number of carbonyl (C=O) groups is 2. The predicted octanol–water partition coefficient (Wildman–Crippen LogP) is 3.37. The van der Waals surface area contributed by atoms with Crippen molar-refractivity contribution in [1.29, 1.82) is 0 Å². The number of thiophene rings is 1. The summed E-state index contributed by atoms with van der Waals surface area (Å²) in [5.41, 5.74) is -1.03. The molecule has 1 rings (SSSR count). The Bertz CT molecular complexity index is 495. The van der Waals surface area contributed by atoms with Crippen molar-refractivity contribution in [1.82, 2.24) is 5.32 Å². The van der Waals surface area contributed by atoms with Gasteiger partial charge in [-0.15, -0.1) is 11.3 Å². The summed E-state index contributed by atoms with van der Waals surface area (Å²) in [5, 5.41) is 12.2. The van der Waals surface area contributed by atoms with Gasteiger partial charge in [0, 0.05) is 16.2 Å². The molecule has 0 fully saturated rings. The molecule has 20 heavy (non-hydrogen) atoms. The summed E-state index contributed by atoms with van der Waals surface area (Å²) < 4.78 is 0. The van der Waals surface area contributed by atoms with Crippen molar-refractivity contribution in [3.8, 4) is 0 Å². The molecule has 4 nitrogen and oxygen atoms in total. The van der Waals surface area contributed by atoms with E-state index in [9.17, 15) is 14.7 Å². The van der Waals surface area contributed by atoms with E-state index in [0.717, 1.165) is 4.88 Å². The van der Waals surface area contributed by atoms with Crippen LogP contribution in [0.2, 0.25) is 0 Å². The zero-order valence-corrected chi connectivity index (χ0v) is 13.5. The third-order valence-corrected chi connectivity index (χ3v) is 5.04. The minimum absolute atomic E-state index is 0.00526. The number of rotatable bonds is 6. The summed E-state index contributed by atoms with van der Waals surface area (Å²) in [4.78, 5) is 25.7. The number of aryl methyl sites for hydroxylation is 1. The van der Waals surface area contributed by atoms with Crippen molar-refractivity contribution >= 4 is 23.2 Å². The van der Waals surface area contributed by atoms with Gasteiger partial charge in [0.25, 0.3) is 0 Å². The Kier molecular flexibility index (Phi) is 5.34. The van der Waals surface area contributed by atoms with Gasteiger partial charge in [-0.25, -0.2) is 0 Å². The number of carboxylic acids is 1. The van der Waals surface area contributed by atoms with Gasteiger partial charge in [-0.3, -0.25) is 9.59 Å².